The van der Waals surface area contributed by atoms with Gasteiger partial charge >= 0.3 is 12.2 Å². The van der Waals surface area contributed by atoms with Crippen molar-refractivity contribution in [1.29, 1.82) is 0 Å². The van der Waals surface area contributed by atoms with E-state index in [-0.39, 0.29) is 23.9 Å². The maximum Gasteiger partial charge on any atom is 0.416 e. The Balaban J connectivity index is 1.99. The minimum Gasteiger partial charge on any atom is -0.456 e. The van der Waals surface area contributed by atoms with Gasteiger partial charge < -0.3 is 14.7 Å². The standard InChI is InChI=1S/C17H16F5N3O3/c1-2-25(9-14(26)17(20,21)22)16(27)24-15-4-3-12(8-23-15)28-13-6-10(18)5-11(19)7-13/h3-8,14,26H,2,9H2,1H3,(H,23,24,27)/t14-/m1/s1. The van der Waals surface area contributed by atoms with Crippen LogP contribution < -0.4 is 10.1 Å². The monoisotopic (exact) mass is 405 g/mol. The van der Waals surface area contributed by atoms with Crippen molar-refractivity contribution >= 4 is 11.8 Å². The molecule has 0 aliphatic heterocycles. The summed E-state index contributed by atoms with van der Waals surface area (Å²) in [6, 6.07) is 4.34. The minimum atomic E-state index is -4.85. The topological polar surface area (TPSA) is 74.7 Å². The Hall–Kier alpha value is -2.95. The summed E-state index contributed by atoms with van der Waals surface area (Å²) in [4.78, 5) is 16.7. The largest absolute Gasteiger partial charge is 0.456 e. The highest BCUT2D eigenvalue weighted by molar-refractivity contribution is 5.88. The number of hydrogen-bond donors (Lipinski definition) is 2. The van der Waals surface area contributed by atoms with Crippen molar-refractivity contribution in [3.8, 4) is 11.5 Å². The van der Waals surface area contributed by atoms with Crippen LogP contribution >= 0.6 is 0 Å². The minimum absolute atomic E-state index is 0.00252. The molecule has 2 rings (SSSR count). The highest BCUT2D eigenvalue weighted by Gasteiger charge is 2.39. The van der Waals surface area contributed by atoms with Crippen molar-refractivity contribution in [3.63, 3.8) is 0 Å². The molecular formula is C17H16F5N3O3. The number of nitrogens with one attached hydrogen (secondary N) is 1. The van der Waals surface area contributed by atoms with Gasteiger partial charge in [0.15, 0.2) is 6.10 Å². The van der Waals surface area contributed by atoms with Gasteiger partial charge in [-0.15, -0.1) is 0 Å². The van der Waals surface area contributed by atoms with Crippen LogP contribution in [0, 0.1) is 11.6 Å². The first-order valence-corrected chi connectivity index (χ1v) is 7.99. The number of anilines is 1. The van der Waals surface area contributed by atoms with E-state index in [1.807, 2.05) is 0 Å². The smallest absolute Gasteiger partial charge is 0.416 e. The lowest BCUT2D eigenvalue weighted by Crippen LogP contribution is -2.45. The quantitative estimate of drug-likeness (QED) is 0.715. The van der Waals surface area contributed by atoms with Gasteiger partial charge in [0, 0.05) is 24.7 Å². The summed E-state index contributed by atoms with van der Waals surface area (Å²) in [5.74, 6) is -1.64. The average Bonchev–Trinajstić information content (AvgIpc) is 2.59. The maximum absolute atomic E-state index is 13.1. The molecule has 1 aromatic heterocycles. The van der Waals surface area contributed by atoms with E-state index in [1.54, 1.807) is 0 Å². The number of rotatable bonds is 6. The fourth-order valence-corrected chi connectivity index (χ4v) is 2.09. The van der Waals surface area contributed by atoms with Crippen LogP contribution in [-0.2, 0) is 0 Å². The number of benzene rings is 1. The van der Waals surface area contributed by atoms with Crippen LogP contribution in [0.25, 0.3) is 0 Å². The Morgan fingerprint density at radius 1 is 1.21 bits per heavy atom. The molecule has 1 heterocycles. The van der Waals surface area contributed by atoms with Gasteiger partial charge in [0.05, 0.1) is 12.7 Å². The first-order valence-electron chi connectivity index (χ1n) is 7.99. The predicted molar refractivity (Wildman–Crippen MR) is 89.0 cm³/mol. The summed E-state index contributed by atoms with van der Waals surface area (Å²) in [7, 11) is 0. The molecule has 1 aromatic carbocycles. The van der Waals surface area contributed by atoms with Crippen LogP contribution in [0.1, 0.15) is 6.92 Å². The number of urea groups is 1. The molecule has 0 fully saturated rings. The summed E-state index contributed by atoms with van der Waals surface area (Å²) in [5.41, 5.74) is 0. The van der Waals surface area contributed by atoms with Gasteiger partial charge in [0.2, 0.25) is 0 Å². The molecule has 0 unspecified atom stereocenters. The Morgan fingerprint density at radius 2 is 1.86 bits per heavy atom. The lowest BCUT2D eigenvalue weighted by Gasteiger charge is -2.25. The molecule has 0 saturated heterocycles. The number of hydrogen-bond acceptors (Lipinski definition) is 4. The molecule has 0 radical (unpaired) electrons. The van der Waals surface area contributed by atoms with Gasteiger partial charge in [-0.05, 0) is 19.1 Å². The number of nitrogens with zero attached hydrogens (tertiary/aromatic N) is 2. The van der Waals surface area contributed by atoms with Gasteiger partial charge in [-0.3, -0.25) is 5.32 Å². The third-order valence-corrected chi connectivity index (χ3v) is 3.48. The lowest BCUT2D eigenvalue weighted by molar-refractivity contribution is -0.206. The van der Waals surface area contributed by atoms with E-state index in [4.69, 9.17) is 9.84 Å². The van der Waals surface area contributed by atoms with Crippen LogP contribution in [-0.4, -0.2) is 46.4 Å². The van der Waals surface area contributed by atoms with Gasteiger partial charge in [-0.1, -0.05) is 0 Å². The summed E-state index contributed by atoms with van der Waals surface area (Å²) in [6.07, 6.45) is -6.37. The zero-order chi connectivity index (χ0) is 20.9. The number of pyridine rings is 1. The average molecular weight is 405 g/mol. The molecule has 2 aromatic rings. The number of halogens is 5. The summed E-state index contributed by atoms with van der Waals surface area (Å²) in [6.45, 7) is 0.439. The number of aliphatic hydroxyl groups excluding tert-OH is 1. The van der Waals surface area contributed by atoms with E-state index >= 15 is 0 Å². The molecule has 0 saturated carbocycles. The molecule has 28 heavy (non-hydrogen) atoms. The highest BCUT2D eigenvalue weighted by atomic mass is 19.4. The number of alkyl halides is 3. The second-order valence-electron chi connectivity index (χ2n) is 5.61. The van der Waals surface area contributed by atoms with Gasteiger partial charge in [0.1, 0.15) is 29.0 Å². The fourth-order valence-electron chi connectivity index (χ4n) is 2.09. The molecule has 0 aliphatic carbocycles. The zero-order valence-electron chi connectivity index (χ0n) is 14.5. The summed E-state index contributed by atoms with van der Waals surface area (Å²) >= 11 is 0. The maximum atomic E-state index is 13.1. The van der Waals surface area contributed by atoms with Crippen molar-refractivity contribution < 1.29 is 36.6 Å². The normalized spacial score (nSPS) is 12.4. The molecule has 152 valence electrons. The number of carbonyl (C=O) groups excluding carboxylic acids is 1. The van der Waals surface area contributed by atoms with E-state index in [0.29, 0.717) is 6.07 Å². The number of carbonyl (C=O) groups is 1. The molecule has 6 nitrogen and oxygen atoms in total. The molecule has 1 atom stereocenters. The highest BCUT2D eigenvalue weighted by Crippen LogP contribution is 2.24. The Labute approximate surface area is 156 Å². The zero-order valence-corrected chi connectivity index (χ0v) is 14.5. The Bertz CT molecular complexity index is 794. The van der Waals surface area contributed by atoms with Crippen molar-refractivity contribution in [2.75, 3.05) is 18.4 Å². The van der Waals surface area contributed by atoms with Crippen molar-refractivity contribution in [1.82, 2.24) is 9.88 Å². The van der Waals surface area contributed by atoms with E-state index in [1.165, 1.54) is 19.1 Å². The number of aromatic nitrogens is 1. The van der Waals surface area contributed by atoms with Gasteiger partial charge in [-0.25, -0.2) is 18.6 Å². The molecule has 11 heteroatoms. The van der Waals surface area contributed by atoms with E-state index < -0.39 is 36.5 Å². The van der Waals surface area contributed by atoms with E-state index in [9.17, 15) is 26.7 Å². The van der Waals surface area contributed by atoms with Crippen LogP contribution in [0.4, 0.5) is 32.6 Å². The van der Waals surface area contributed by atoms with Crippen LogP contribution in [0.3, 0.4) is 0 Å². The summed E-state index contributed by atoms with van der Waals surface area (Å²) in [5, 5.41) is 11.4. The van der Waals surface area contributed by atoms with Gasteiger partial charge in [-0.2, -0.15) is 13.2 Å². The Morgan fingerprint density at radius 3 is 2.36 bits per heavy atom. The van der Waals surface area contributed by atoms with Crippen molar-refractivity contribution in [3.05, 3.63) is 48.2 Å². The molecule has 0 spiro atoms. The number of amides is 2. The van der Waals surface area contributed by atoms with Crippen LogP contribution in [0.2, 0.25) is 0 Å². The molecule has 2 N–H and O–H groups in total. The fraction of sp³-hybridized carbons (Fsp3) is 0.294. The van der Waals surface area contributed by atoms with Crippen molar-refractivity contribution in [2.24, 2.45) is 0 Å². The predicted octanol–water partition coefficient (Wildman–Crippen LogP) is 3.93. The third-order valence-electron chi connectivity index (χ3n) is 3.48. The van der Waals surface area contributed by atoms with E-state index in [2.05, 4.69) is 10.3 Å². The molecule has 2 amide bonds. The number of likely N-dealkylation sites (N-methyl/N-ethyl adjacent to an activating group) is 1. The van der Waals surface area contributed by atoms with Gasteiger partial charge in [0.25, 0.3) is 0 Å². The number of ether oxygens (including phenoxy) is 1. The SMILES string of the molecule is CCN(C[C@@H](O)C(F)(F)F)C(=O)Nc1ccc(Oc2cc(F)cc(F)c2)cn1. The van der Waals surface area contributed by atoms with Crippen LogP contribution in [0.15, 0.2) is 36.5 Å². The second kappa shape index (κ2) is 8.83. The Kier molecular flexibility index (Phi) is 6.73. The molecule has 0 aliphatic rings. The molecular weight excluding hydrogens is 389 g/mol. The van der Waals surface area contributed by atoms with E-state index in [0.717, 1.165) is 23.2 Å². The first-order chi connectivity index (χ1) is 13.1. The third kappa shape index (κ3) is 6.05. The van der Waals surface area contributed by atoms with Crippen molar-refractivity contribution in [2.45, 2.75) is 19.2 Å². The molecule has 0 bridgehead atoms. The lowest BCUT2D eigenvalue weighted by atomic mass is 10.3. The second-order valence-corrected chi connectivity index (χ2v) is 5.61. The number of aliphatic hydroxyl groups is 1. The first kappa shape index (κ1) is 21.4. The summed E-state index contributed by atoms with van der Waals surface area (Å²) < 4.78 is 68.8. The van der Waals surface area contributed by atoms with Crippen LogP contribution in [0.5, 0.6) is 11.5 Å².